The number of piperazine rings is 1. The van der Waals surface area contributed by atoms with Crippen molar-refractivity contribution in [1.82, 2.24) is 25.5 Å². The van der Waals surface area contributed by atoms with Gasteiger partial charge in [-0.3, -0.25) is 9.79 Å². The van der Waals surface area contributed by atoms with E-state index < -0.39 is 0 Å². The number of nitrogens with zero attached hydrogens (tertiary/aromatic N) is 5. The van der Waals surface area contributed by atoms with Gasteiger partial charge >= 0.3 is 0 Å². The number of anilines is 1. The molecule has 1 amide bonds. The summed E-state index contributed by atoms with van der Waals surface area (Å²) < 4.78 is 0. The molecule has 0 bridgehead atoms. The van der Waals surface area contributed by atoms with E-state index in [-0.39, 0.29) is 29.9 Å². The molecule has 1 aromatic carbocycles. The highest BCUT2D eigenvalue weighted by Gasteiger charge is 2.22. The van der Waals surface area contributed by atoms with Crippen molar-refractivity contribution in [1.29, 1.82) is 0 Å². The quantitative estimate of drug-likeness (QED) is 0.291. The number of carbonyl (C=O) groups is 1. The van der Waals surface area contributed by atoms with Crippen LogP contribution in [0.1, 0.15) is 37.3 Å². The number of benzene rings is 1. The van der Waals surface area contributed by atoms with Crippen molar-refractivity contribution in [2.75, 3.05) is 50.7 Å². The predicted octanol–water partition coefficient (Wildman–Crippen LogP) is 2.80. The van der Waals surface area contributed by atoms with Crippen LogP contribution in [-0.2, 0) is 4.79 Å². The maximum absolute atomic E-state index is 12.6. The third-order valence-corrected chi connectivity index (χ3v) is 5.58. The number of rotatable bonds is 8. The lowest BCUT2D eigenvalue weighted by molar-refractivity contribution is -0.131. The van der Waals surface area contributed by atoms with E-state index in [4.69, 9.17) is 4.99 Å². The Morgan fingerprint density at radius 2 is 1.85 bits per heavy atom. The molecule has 0 saturated carbocycles. The van der Waals surface area contributed by atoms with Crippen LogP contribution in [0.25, 0.3) is 0 Å². The van der Waals surface area contributed by atoms with Gasteiger partial charge in [0.25, 0.3) is 0 Å². The van der Waals surface area contributed by atoms with E-state index in [9.17, 15) is 4.79 Å². The molecule has 2 aromatic rings. The highest BCUT2D eigenvalue weighted by atomic mass is 127. The minimum absolute atomic E-state index is 0. The van der Waals surface area contributed by atoms with Crippen LogP contribution in [0.3, 0.4) is 0 Å². The second-order valence-electron chi connectivity index (χ2n) is 8.13. The summed E-state index contributed by atoms with van der Waals surface area (Å²) in [6.45, 7) is 11.3. The Balaban J connectivity index is 0.00000385. The van der Waals surface area contributed by atoms with Crippen molar-refractivity contribution in [2.45, 2.75) is 33.1 Å². The summed E-state index contributed by atoms with van der Waals surface area (Å²) in [5.74, 6) is 1.98. The Morgan fingerprint density at radius 1 is 1.12 bits per heavy atom. The van der Waals surface area contributed by atoms with E-state index in [1.807, 2.05) is 17.9 Å². The minimum Gasteiger partial charge on any atom is -0.357 e. The number of hydrogen-bond acceptors (Lipinski definition) is 5. The molecule has 3 rings (SSSR count). The number of amides is 1. The van der Waals surface area contributed by atoms with Crippen molar-refractivity contribution in [2.24, 2.45) is 4.99 Å². The van der Waals surface area contributed by atoms with Crippen LogP contribution in [0.15, 0.2) is 47.7 Å². The van der Waals surface area contributed by atoms with Crippen LogP contribution in [-0.4, -0.2) is 72.5 Å². The normalized spacial score (nSPS) is 14.9. The first-order valence-corrected chi connectivity index (χ1v) is 11.4. The minimum atomic E-state index is 0. The van der Waals surface area contributed by atoms with Gasteiger partial charge in [0.05, 0.1) is 0 Å². The Kier molecular flexibility index (Phi) is 11.4. The fraction of sp³-hybridized carbons (Fsp3) is 0.500. The van der Waals surface area contributed by atoms with Gasteiger partial charge in [-0.25, -0.2) is 9.97 Å². The Hall–Kier alpha value is -2.43. The summed E-state index contributed by atoms with van der Waals surface area (Å²) in [5, 5.41) is 6.58. The molecule has 8 nitrogen and oxygen atoms in total. The molecule has 0 spiro atoms. The molecule has 180 valence electrons. The number of carbonyl (C=O) groups excluding carboxylic acids is 1. The Labute approximate surface area is 214 Å². The van der Waals surface area contributed by atoms with Gasteiger partial charge < -0.3 is 20.4 Å². The molecule has 1 aromatic heterocycles. The van der Waals surface area contributed by atoms with E-state index in [2.05, 4.69) is 63.6 Å². The smallest absolute Gasteiger partial charge is 0.225 e. The largest absolute Gasteiger partial charge is 0.357 e. The average molecular weight is 566 g/mol. The first-order valence-electron chi connectivity index (χ1n) is 11.4. The van der Waals surface area contributed by atoms with Crippen LogP contribution in [0.5, 0.6) is 0 Å². The number of hydrogen-bond donors (Lipinski definition) is 2. The fourth-order valence-corrected chi connectivity index (χ4v) is 3.71. The lowest BCUT2D eigenvalue weighted by Gasteiger charge is -2.34. The molecule has 9 heteroatoms. The zero-order valence-corrected chi connectivity index (χ0v) is 22.2. The number of nitrogens with one attached hydrogen (secondary N) is 2. The van der Waals surface area contributed by atoms with E-state index in [1.165, 1.54) is 11.1 Å². The van der Waals surface area contributed by atoms with Crippen molar-refractivity contribution in [3.8, 4) is 0 Å². The van der Waals surface area contributed by atoms with E-state index in [1.54, 1.807) is 12.4 Å². The van der Waals surface area contributed by atoms with E-state index in [0.29, 0.717) is 38.5 Å². The average Bonchev–Trinajstić information content (AvgIpc) is 2.83. The highest BCUT2D eigenvalue weighted by molar-refractivity contribution is 14.0. The highest BCUT2D eigenvalue weighted by Crippen LogP contribution is 2.16. The molecule has 33 heavy (non-hydrogen) atoms. The van der Waals surface area contributed by atoms with Crippen LogP contribution in [0, 0.1) is 6.92 Å². The molecule has 1 saturated heterocycles. The summed E-state index contributed by atoms with van der Waals surface area (Å²) in [5.41, 5.74) is 2.55. The van der Waals surface area contributed by atoms with Crippen molar-refractivity contribution >= 4 is 41.8 Å². The Bertz CT molecular complexity index is 885. The summed E-state index contributed by atoms with van der Waals surface area (Å²) in [6, 6.07) is 10.4. The lowest BCUT2D eigenvalue weighted by atomic mass is 10.00. The maximum atomic E-state index is 12.6. The molecule has 0 radical (unpaired) electrons. The molecule has 1 unspecified atom stereocenters. The molecule has 1 aliphatic heterocycles. The van der Waals surface area contributed by atoms with Gasteiger partial charge in [-0.1, -0.05) is 36.8 Å². The number of aliphatic imine (C=N–C) groups is 1. The van der Waals surface area contributed by atoms with Crippen molar-refractivity contribution in [3.05, 3.63) is 53.9 Å². The van der Waals surface area contributed by atoms with Gasteiger partial charge in [0, 0.05) is 70.5 Å². The van der Waals surface area contributed by atoms with Crippen LogP contribution >= 0.6 is 24.0 Å². The predicted molar refractivity (Wildman–Crippen MR) is 144 cm³/mol. The number of halogens is 1. The van der Waals surface area contributed by atoms with Gasteiger partial charge in [0.2, 0.25) is 11.9 Å². The number of guanidine groups is 1. The molecule has 1 aliphatic rings. The fourth-order valence-electron chi connectivity index (χ4n) is 3.71. The SMILES string of the molecule is CCNC(=NCC(C)c1cccc(C)c1)NCCC(=O)N1CCN(c2ncccn2)CC1.I. The van der Waals surface area contributed by atoms with E-state index in [0.717, 1.165) is 31.5 Å². The topological polar surface area (TPSA) is 85.8 Å². The molecular formula is C24H36IN7O. The molecule has 0 aliphatic carbocycles. The molecule has 2 N–H and O–H groups in total. The van der Waals surface area contributed by atoms with Gasteiger partial charge in [-0.05, 0) is 25.5 Å². The molecule has 1 atom stereocenters. The first-order chi connectivity index (χ1) is 15.6. The van der Waals surface area contributed by atoms with Crippen molar-refractivity contribution in [3.63, 3.8) is 0 Å². The number of aromatic nitrogens is 2. The zero-order valence-electron chi connectivity index (χ0n) is 19.8. The van der Waals surface area contributed by atoms with Crippen LogP contribution in [0.2, 0.25) is 0 Å². The second kappa shape index (κ2) is 14.0. The van der Waals surface area contributed by atoms with Gasteiger partial charge in [0.1, 0.15) is 0 Å². The lowest BCUT2D eigenvalue weighted by Crippen LogP contribution is -2.50. The third kappa shape index (κ3) is 8.45. The summed E-state index contributed by atoms with van der Waals surface area (Å²) in [4.78, 5) is 30.0. The molecule has 1 fully saturated rings. The second-order valence-corrected chi connectivity index (χ2v) is 8.13. The Morgan fingerprint density at radius 3 is 2.52 bits per heavy atom. The standard InChI is InChI=1S/C24H35N7O.HI/c1-4-25-23(29-18-20(3)21-8-5-7-19(2)17-21)26-12-9-22(32)30-13-15-31(16-14-30)24-27-10-6-11-28-24;/h5-8,10-11,17,20H,4,9,12-16,18H2,1-3H3,(H2,25,26,29);1H. The van der Waals surface area contributed by atoms with Crippen LogP contribution in [0.4, 0.5) is 5.95 Å². The monoisotopic (exact) mass is 565 g/mol. The number of aryl methyl sites for hydroxylation is 1. The van der Waals surface area contributed by atoms with Gasteiger partial charge in [-0.15, -0.1) is 24.0 Å². The summed E-state index contributed by atoms with van der Waals surface area (Å²) >= 11 is 0. The van der Waals surface area contributed by atoms with Gasteiger partial charge in [0.15, 0.2) is 5.96 Å². The van der Waals surface area contributed by atoms with E-state index >= 15 is 0 Å². The van der Waals surface area contributed by atoms with Gasteiger partial charge in [-0.2, -0.15) is 0 Å². The molecular weight excluding hydrogens is 529 g/mol. The third-order valence-electron chi connectivity index (χ3n) is 5.58. The summed E-state index contributed by atoms with van der Waals surface area (Å²) in [6.07, 6.45) is 3.94. The van der Waals surface area contributed by atoms with Crippen molar-refractivity contribution < 1.29 is 4.79 Å². The van der Waals surface area contributed by atoms with Crippen LogP contribution < -0.4 is 15.5 Å². The first kappa shape index (κ1) is 26.8. The maximum Gasteiger partial charge on any atom is 0.225 e. The molecule has 2 heterocycles. The summed E-state index contributed by atoms with van der Waals surface area (Å²) in [7, 11) is 0. The zero-order chi connectivity index (χ0) is 22.8.